The van der Waals surface area contributed by atoms with Gasteiger partial charge in [-0.1, -0.05) is 54.6 Å². The monoisotopic (exact) mass is 469 g/mol. The van der Waals surface area contributed by atoms with E-state index in [-0.39, 0.29) is 24.1 Å². The molecule has 0 aromatic heterocycles. The van der Waals surface area contributed by atoms with Crippen LogP contribution < -0.4 is 20.1 Å². The Morgan fingerprint density at radius 1 is 0.971 bits per heavy atom. The van der Waals surface area contributed by atoms with Crippen LogP contribution >= 0.6 is 0 Å². The summed E-state index contributed by atoms with van der Waals surface area (Å²) >= 11 is 0. The van der Waals surface area contributed by atoms with Gasteiger partial charge in [0.25, 0.3) is 11.8 Å². The molecule has 35 heavy (non-hydrogen) atoms. The summed E-state index contributed by atoms with van der Waals surface area (Å²) in [6.07, 6.45) is 1.49. The smallest absolute Gasteiger partial charge is 0.262 e. The highest BCUT2D eigenvalue weighted by atomic mass is 16.5. The van der Waals surface area contributed by atoms with E-state index in [2.05, 4.69) is 10.6 Å². The van der Waals surface area contributed by atoms with E-state index in [1.807, 2.05) is 68.4 Å². The molecule has 0 aliphatic rings. The number of nitriles is 1. The zero-order chi connectivity index (χ0) is 25.0. The predicted molar refractivity (Wildman–Crippen MR) is 135 cm³/mol. The Kier molecular flexibility index (Phi) is 9.03. The van der Waals surface area contributed by atoms with Crippen LogP contribution in [0.4, 0.5) is 5.69 Å². The summed E-state index contributed by atoms with van der Waals surface area (Å²) in [5, 5.41) is 15.2. The number of nitrogens with one attached hydrogen (secondary N) is 2. The molecule has 3 rings (SSSR count). The number of carbonyl (C=O) groups excluding carboxylic acids is 2. The molecule has 0 aliphatic heterocycles. The fourth-order valence-electron chi connectivity index (χ4n) is 3.28. The van der Waals surface area contributed by atoms with Crippen LogP contribution in [0.3, 0.4) is 0 Å². The van der Waals surface area contributed by atoms with Crippen molar-refractivity contribution < 1.29 is 19.1 Å². The van der Waals surface area contributed by atoms with Gasteiger partial charge < -0.3 is 20.1 Å². The fourth-order valence-corrected chi connectivity index (χ4v) is 3.28. The first kappa shape index (κ1) is 25.1. The van der Waals surface area contributed by atoms with Gasteiger partial charge in [-0.15, -0.1) is 0 Å². The summed E-state index contributed by atoms with van der Waals surface area (Å²) in [6, 6.07) is 25.3. The second-order valence-electron chi connectivity index (χ2n) is 7.62. The zero-order valence-corrected chi connectivity index (χ0v) is 19.7. The Balaban J connectivity index is 1.69. The number of carbonyl (C=O) groups is 2. The maximum Gasteiger partial charge on any atom is 0.262 e. The molecule has 0 heterocycles. The van der Waals surface area contributed by atoms with E-state index in [0.29, 0.717) is 29.4 Å². The topological polar surface area (TPSA) is 100 Å². The number of nitrogens with zero attached hydrogens (tertiary/aromatic N) is 1. The summed E-state index contributed by atoms with van der Waals surface area (Å²) in [6.45, 7) is 3.86. The number of para-hydroxylation sites is 1. The van der Waals surface area contributed by atoms with Gasteiger partial charge in [0.1, 0.15) is 11.6 Å². The van der Waals surface area contributed by atoms with Gasteiger partial charge in [-0.25, -0.2) is 0 Å². The van der Waals surface area contributed by atoms with Gasteiger partial charge in [-0.2, -0.15) is 5.26 Å². The van der Waals surface area contributed by atoms with Crippen molar-refractivity contribution in [3.63, 3.8) is 0 Å². The molecule has 7 nitrogen and oxygen atoms in total. The van der Waals surface area contributed by atoms with E-state index >= 15 is 0 Å². The van der Waals surface area contributed by atoms with Crippen LogP contribution in [0.15, 0.2) is 84.4 Å². The van der Waals surface area contributed by atoms with Gasteiger partial charge in [0, 0.05) is 5.69 Å². The van der Waals surface area contributed by atoms with Crippen LogP contribution in [0.2, 0.25) is 0 Å². The van der Waals surface area contributed by atoms with E-state index < -0.39 is 5.91 Å². The van der Waals surface area contributed by atoms with Crippen molar-refractivity contribution in [1.29, 1.82) is 5.26 Å². The molecule has 0 saturated carbocycles. The molecule has 3 aromatic rings. The van der Waals surface area contributed by atoms with Crippen molar-refractivity contribution in [2.45, 2.75) is 19.9 Å². The van der Waals surface area contributed by atoms with E-state index in [9.17, 15) is 14.9 Å². The zero-order valence-electron chi connectivity index (χ0n) is 19.7. The largest absolute Gasteiger partial charge is 0.490 e. The molecule has 0 unspecified atom stereocenters. The maximum absolute atomic E-state index is 12.7. The summed E-state index contributed by atoms with van der Waals surface area (Å²) in [5.74, 6) is 0.00954. The van der Waals surface area contributed by atoms with Gasteiger partial charge in [-0.3, -0.25) is 9.59 Å². The number of anilines is 1. The summed E-state index contributed by atoms with van der Waals surface area (Å²) in [4.78, 5) is 24.9. The first-order chi connectivity index (χ1) is 17.0. The molecule has 1 atom stereocenters. The lowest BCUT2D eigenvalue weighted by Gasteiger charge is -2.14. The normalized spacial score (nSPS) is 11.6. The highest BCUT2D eigenvalue weighted by Crippen LogP contribution is 2.29. The molecule has 0 bridgehead atoms. The minimum atomic E-state index is -0.472. The summed E-state index contributed by atoms with van der Waals surface area (Å²) in [7, 11) is 0. The second kappa shape index (κ2) is 12.6. The minimum absolute atomic E-state index is 0.0360. The Hall–Kier alpha value is -4.57. The SMILES string of the molecule is CCOc1cc(/C=C(\C#N)C(=O)N[C@@H](C)c2ccccc2)ccc1OCC(=O)Nc1ccccc1. The molecule has 178 valence electrons. The van der Waals surface area contributed by atoms with Crippen LogP contribution in [0.5, 0.6) is 11.5 Å². The first-order valence-electron chi connectivity index (χ1n) is 11.2. The second-order valence-corrected chi connectivity index (χ2v) is 7.62. The van der Waals surface area contributed by atoms with Crippen LogP contribution in [-0.2, 0) is 9.59 Å². The van der Waals surface area contributed by atoms with Crippen LogP contribution in [0, 0.1) is 11.3 Å². The van der Waals surface area contributed by atoms with Crippen molar-refractivity contribution in [3.05, 3.63) is 95.6 Å². The van der Waals surface area contributed by atoms with Gasteiger partial charge >= 0.3 is 0 Å². The molecule has 3 aromatic carbocycles. The molecular formula is C28H27N3O4. The summed E-state index contributed by atoms with van der Waals surface area (Å²) in [5.41, 5.74) is 2.17. The highest BCUT2D eigenvalue weighted by molar-refractivity contribution is 6.02. The molecule has 0 saturated heterocycles. The number of amides is 2. The van der Waals surface area contributed by atoms with Crippen molar-refractivity contribution in [3.8, 4) is 17.6 Å². The van der Waals surface area contributed by atoms with Gasteiger partial charge in [0.05, 0.1) is 12.6 Å². The number of benzene rings is 3. The molecule has 0 aliphatic carbocycles. The van der Waals surface area contributed by atoms with Crippen LogP contribution in [-0.4, -0.2) is 25.0 Å². The lowest BCUT2D eigenvalue weighted by Crippen LogP contribution is -2.27. The third-order valence-corrected chi connectivity index (χ3v) is 5.01. The van der Waals surface area contributed by atoms with Gasteiger partial charge in [-0.05, 0) is 55.3 Å². The number of hydrogen-bond acceptors (Lipinski definition) is 5. The average molecular weight is 470 g/mol. The molecule has 2 amide bonds. The number of ether oxygens (including phenoxy) is 2. The molecular weight excluding hydrogens is 442 g/mol. The van der Waals surface area contributed by atoms with Crippen LogP contribution in [0.1, 0.15) is 31.0 Å². The fraction of sp³-hybridized carbons (Fsp3) is 0.179. The van der Waals surface area contributed by atoms with E-state index in [0.717, 1.165) is 5.56 Å². The number of rotatable bonds is 10. The lowest BCUT2D eigenvalue weighted by molar-refractivity contribution is -0.118. The van der Waals surface area contributed by atoms with E-state index in [4.69, 9.17) is 9.47 Å². The maximum atomic E-state index is 12.7. The molecule has 0 fully saturated rings. The standard InChI is InChI=1S/C28H27N3O4/c1-3-34-26-17-21(14-15-25(26)35-19-27(32)31-24-12-8-5-9-13-24)16-23(18-29)28(33)30-20(2)22-10-6-4-7-11-22/h4-17,20H,3,19H2,1-2H3,(H,30,33)(H,31,32)/b23-16+/t20-/m0/s1. The molecule has 2 N–H and O–H groups in total. The van der Waals surface area contributed by atoms with Crippen molar-refractivity contribution >= 4 is 23.6 Å². The highest BCUT2D eigenvalue weighted by Gasteiger charge is 2.15. The van der Waals surface area contributed by atoms with E-state index in [1.54, 1.807) is 30.3 Å². The predicted octanol–water partition coefficient (Wildman–Crippen LogP) is 4.89. The Labute approximate surface area is 205 Å². The molecule has 0 spiro atoms. The Morgan fingerprint density at radius 3 is 2.31 bits per heavy atom. The van der Waals surface area contributed by atoms with Crippen molar-refractivity contribution in [1.82, 2.24) is 5.32 Å². The third-order valence-electron chi connectivity index (χ3n) is 5.01. The van der Waals surface area contributed by atoms with Crippen molar-refractivity contribution in [2.75, 3.05) is 18.5 Å². The third kappa shape index (κ3) is 7.47. The van der Waals surface area contributed by atoms with Crippen LogP contribution in [0.25, 0.3) is 6.08 Å². The van der Waals surface area contributed by atoms with E-state index in [1.165, 1.54) is 6.08 Å². The average Bonchev–Trinajstić information content (AvgIpc) is 2.88. The quantitative estimate of drug-likeness (QED) is 0.325. The summed E-state index contributed by atoms with van der Waals surface area (Å²) < 4.78 is 11.3. The minimum Gasteiger partial charge on any atom is -0.490 e. The lowest BCUT2D eigenvalue weighted by atomic mass is 10.1. The Morgan fingerprint density at radius 2 is 1.66 bits per heavy atom. The number of hydrogen-bond donors (Lipinski definition) is 2. The van der Waals surface area contributed by atoms with Gasteiger partial charge in [0.15, 0.2) is 18.1 Å². The van der Waals surface area contributed by atoms with Gasteiger partial charge in [0.2, 0.25) is 0 Å². The first-order valence-corrected chi connectivity index (χ1v) is 11.2. The van der Waals surface area contributed by atoms with Crippen molar-refractivity contribution in [2.24, 2.45) is 0 Å². The Bertz CT molecular complexity index is 1220. The molecule has 7 heteroatoms. The molecule has 0 radical (unpaired) electrons.